The van der Waals surface area contributed by atoms with Gasteiger partial charge in [-0.3, -0.25) is 9.78 Å². The molecule has 0 aliphatic rings. The van der Waals surface area contributed by atoms with Crippen LogP contribution in [0.15, 0.2) is 34.2 Å². The number of halogens is 1. The minimum absolute atomic E-state index is 0.00845. The van der Waals surface area contributed by atoms with Crippen LogP contribution in [0.2, 0.25) is 0 Å². The summed E-state index contributed by atoms with van der Waals surface area (Å²) in [4.78, 5) is 19.6. The van der Waals surface area contributed by atoms with Crippen LogP contribution < -0.4 is 5.73 Å². The van der Waals surface area contributed by atoms with Crippen LogP contribution in [-0.4, -0.2) is 22.3 Å². The van der Waals surface area contributed by atoms with Crippen molar-refractivity contribution in [2.24, 2.45) is 5.73 Å². The molecule has 4 nitrogen and oxygen atoms in total. The van der Waals surface area contributed by atoms with Crippen LogP contribution in [0.1, 0.15) is 27.9 Å². The molecule has 0 saturated heterocycles. The first kappa shape index (κ1) is 15.2. The Morgan fingerprint density at radius 2 is 2.25 bits per heavy atom. The van der Waals surface area contributed by atoms with Gasteiger partial charge < -0.3 is 10.6 Å². The highest BCUT2D eigenvalue weighted by Crippen LogP contribution is 2.23. The average Bonchev–Trinajstić information content (AvgIpc) is 2.89. The van der Waals surface area contributed by atoms with Gasteiger partial charge in [0.15, 0.2) is 0 Å². The van der Waals surface area contributed by atoms with E-state index < -0.39 is 0 Å². The number of hydrogen-bond acceptors (Lipinski definition) is 4. The Kier molecular flexibility index (Phi) is 5.28. The highest BCUT2D eigenvalue weighted by atomic mass is 79.9. The van der Waals surface area contributed by atoms with Crippen molar-refractivity contribution < 1.29 is 4.79 Å². The average molecular weight is 354 g/mol. The van der Waals surface area contributed by atoms with Crippen LogP contribution in [0, 0.1) is 0 Å². The Bertz CT molecular complexity index is 600. The number of rotatable bonds is 5. The van der Waals surface area contributed by atoms with E-state index in [1.54, 1.807) is 29.7 Å². The molecule has 0 aromatic carbocycles. The summed E-state index contributed by atoms with van der Waals surface area (Å²) in [6, 6.07) is 7.52. The summed E-state index contributed by atoms with van der Waals surface area (Å²) in [5, 5.41) is 0. The third-order valence-electron chi connectivity index (χ3n) is 2.92. The Morgan fingerprint density at radius 3 is 2.85 bits per heavy atom. The Morgan fingerprint density at radius 1 is 1.45 bits per heavy atom. The Hall–Kier alpha value is -1.24. The molecule has 2 aromatic heterocycles. The SMILES string of the molecule is CCN(Cc1ccc(Br)s1)C(=O)c1ccnc(CN)c1. The molecule has 0 saturated carbocycles. The molecule has 0 atom stereocenters. The van der Waals surface area contributed by atoms with Crippen molar-refractivity contribution in [3.63, 3.8) is 0 Å². The number of nitrogens with zero attached hydrogens (tertiary/aromatic N) is 2. The van der Waals surface area contributed by atoms with Crippen LogP contribution in [0.25, 0.3) is 0 Å². The Balaban J connectivity index is 2.15. The maximum atomic E-state index is 12.5. The van der Waals surface area contributed by atoms with Gasteiger partial charge in [0, 0.05) is 29.7 Å². The van der Waals surface area contributed by atoms with E-state index in [4.69, 9.17) is 5.73 Å². The van der Waals surface area contributed by atoms with Crippen molar-refractivity contribution in [1.82, 2.24) is 9.88 Å². The van der Waals surface area contributed by atoms with E-state index in [9.17, 15) is 4.79 Å². The summed E-state index contributed by atoms with van der Waals surface area (Å²) >= 11 is 5.08. The van der Waals surface area contributed by atoms with Crippen molar-refractivity contribution in [2.75, 3.05) is 6.54 Å². The zero-order valence-electron chi connectivity index (χ0n) is 11.2. The molecular formula is C14H16BrN3OS. The molecule has 0 fully saturated rings. The lowest BCUT2D eigenvalue weighted by Gasteiger charge is -2.20. The molecule has 2 heterocycles. The van der Waals surface area contributed by atoms with Crippen LogP contribution in [-0.2, 0) is 13.1 Å². The van der Waals surface area contributed by atoms with Crippen molar-refractivity contribution in [2.45, 2.75) is 20.0 Å². The predicted molar refractivity (Wildman–Crippen MR) is 84.6 cm³/mol. The van der Waals surface area contributed by atoms with Crippen LogP contribution in [0.5, 0.6) is 0 Å². The lowest BCUT2D eigenvalue weighted by atomic mass is 10.2. The number of aromatic nitrogens is 1. The zero-order valence-corrected chi connectivity index (χ0v) is 13.6. The van der Waals surface area contributed by atoms with Gasteiger partial charge in [-0.2, -0.15) is 0 Å². The van der Waals surface area contributed by atoms with E-state index >= 15 is 0 Å². The zero-order chi connectivity index (χ0) is 14.5. The molecule has 0 radical (unpaired) electrons. The quantitative estimate of drug-likeness (QED) is 0.898. The first-order valence-electron chi connectivity index (χ1n) is 6.32. The standard InChI is InChI=1S/C14H16BrN3OS/c1-2-18(9-12-3-4-13(15)20-12)14(19)10-5-6-17-11(7-10)8-16/h3-7H,2,8-9,16H2,1H3. The number of carbonyl (C=O) groups is 1. The molecular weight excluding hydrogens is 338 g/mol. The molecule has 2 aromatic rings. The maximum Gasteiger partial charge on any atom is 0.254 e. The largest absolute Gasteiger partial charge is 0.334 e. The fraction of sp³-hybridized carbons (Fsp3) is 0.286. The lowest BCUT2D eigenvalue weighted by Crippen LogP contribution is -2.30. The van der Waals surface area contributed by atoms with Crippen LogP contribution in [0.4, 0.5) is 0 Å². The predicted octanol–water partition coefficient (Wildman–Crippen LogP) is 3.03. The second-order valence-electron chi connectivity index (χ2n) is 4.27. The van der Waals surface area contributed by atoms with E-state index in [0.29, 0.717) is 25.2 Å². The first-order valence-corrected chi connectivity index (χ1v) is 7.93. The van der Waals surface area contributed by atoms with Gasteiger partial charge in [-0.15, -0.1) is 11.3 Å². The number of pyridine rings is 1. The summed E-state index contributed by atoms with van der Waals surface area (Å²) in [5.74, 6) is 0.00845. The molecule has 106 valence electrons. The molecule has 0 aliphatic carbocycles. The summed E-state index contributed by atoms with van der Waals surface area (Å²) in [7, 11) is 0. The number of amides is 1. The molecule has 0 bridgehead atoms. The van der Waals surface area contributed by atoms with Gasteiger partial charge in [-0.05, 0) is 47.1 Å². The number of nitrogens with two attached hydrogens (primary N) is 1. The minimum atomic E-state index is 0.00845. The smallest absolute Gasteiger partial charge is 0.254 e. The third kappa shape index (κ3) is 3.65. The lowest BCUT2D eigenvalue weighted by molar-refractivity contribution is 0.0754. The summed E-state index contributed by atoms with van der Waals surface area (Å²) in [6.45, 7) is 3.59. The van der Waals surface area contributed by atoms with Crippen molar-refractivity contribution in [3.05, 3.63) is 50.4 Å². The number of thiophene rings is 1. The van der Waals surface area contributed by atoms with Crippen molar-refractivity contribution >= 4 is 33.2 Å². The van der Waals surface area contributed by atoms with Gasteiger partial charge in [-0.25, -0.2) is 0 Å². The first-order chi connectivity index (χ1) is 9.63. The van der Waals surface area contributed by atoms with Crippen molar-refractivity contribution in [3.8, 4) is 0 Å². The van der Waals surface area contributed by atoms with E-state index in [2.05, 4.69) is 20.9 Å². The fourth-order valence-corrected chi connectivity index (χ4v) is 3.36. The van der Waals surface area contributed by atoms with Gasteiger partial charge in [-0.1, -0.05) is 0 Å². The molecule has 0 unspecified atom stereocenters. The molecule has 20 heavy (non-hydrogen) atoms. The van der Waals surface area contributed by atoms with Crippen LogP contribution >= 0.6 is 27.3 Å². The maximum absolute atomic E-state index is 12.5. The Labute approximate surface area is 130 Å². The highest BCUT2D eigenvalue weighted by Gasteiger charge is 2.15. The van der Waals surface area contributed by atoms with Crippen LogP contribution in [0.3, 0.4) is 0 Å². The van der Waals surface area contributed by atoms with Gasteiger partial charge in [0.1, 0.15) is 0 Å². The van der Waals surface area contributed by atoms with E-state index in [1.165, 1.54) is 0 Å². The molecule has 6 heteroatoms. The molecule has 2 rings (SSSR count). The second kappa shape index (κ2) is 6.97. The van der Waals surface area contributed by atoms with E-state index in [1.807, 2.05) is 24.0 Å². The molecule has 0 spiro atoms. The van der Waals surface area contributed by atoms with Gasteiger partial charge in [0.25, 0.3) is 5.91 Å². The second-order valence-corrected chi connectivity index (χ2v) is 6.81. The third-order valence-corrected chi connectivity index (χ3v) is 4.53. The summed E-state index contributed by atoms with van der Waals surface area (Å²) in [6.07, 6.45) is 1.63. The summed E-state index contributed by atoms with van der Waals surface area (Å²) in [5.41, 5.74) is 6.93. The minimum Gasteiger partial charge on any atom is -0.334 e. The normalized spacial score (nSPS) is 10.6. The van der Waals surface area contributed by atoms with Gasteiger partial charge in [0.05, 0.1) is 16.0 Å². The van der Waals surface area contributed by atoms with E-state index in [-0.39, 0.29) is 5.91 Å². The number of hydrogen-bond donors (Lipinski definition) is 1. The number of carbonyl (C=O) groups excluding carboxylic acids is 1. The highest BCUT2D eigenvalue weighted by molar-refractivity contribution is 9.11. The topological polar surface area (TPSA) is 59.2 Å². The van der Waals surface area contributed by atoms with Gasteiger partial charge in [0.2, 0.25) is 0 Å². The molecule has 1 amide bonds. The fourth-order valence-electron chi connectivity index (χ4n) is 1.86. The van der Waals surface area contributed by atoms with Crippen molar-refractivity contribution in [1.29, 1.82) is 0 Å². The molecule has 2 N–H and O–H groups in total. The summed E-state index contributed by atoms with van der Waals surface area (Å²) < 4.78 is 1.07. The monoisotopic (exact) mass is 353 g/mol. The molecule has 0 aliphatic heterocycles. The van der Waals surface area contributed by atoms with Gasteiger partial charge >= 0.3 is 0 Å². The van der Waals surface area contributed by atoms with E-state index in [0.717, 1.165) is 14.4 Å².